The summed E-state index contributed by atoms with van der Waals surface area (Å²) in [5.41, 5.74) is 1.34. The van der Waals surface area contributed by atoms with Crippen molar-refractivity contribution in [1.29, 1.82) is 0 Å². The smallest absolute Gasteiger partial charge is 0.133 e. The third-order valence-electron chi connectivity index (χ3n) is 5.89. The van der Waals surface area contributed by atoms with Crippen molar-refractivity contribution in [2.75, 3.05) is 26.7 Å². The Bertz CT molecular complexity index is 562. The fourth-order valence-electron chi connectivity index (χ4n) is 4.51. The third kappa shape index (κ3) is 3.78. The Labute approximate surface area is 152 Å². The van der Waals surface area contributed by atoms with Gasteiger partial charge in [0, 0.05) is 24.8 Å². The molecule has 0 spiro atoms. The van der Waals surface area contributed by atoms with E-state index in [9.17, 15) is 4.79 Å². The number of halogens is 1. The first-order chi connectivity index (χ1) is 11.2. The molecule has 1 heterocycles. The van der Waals surface area contributed by atoms with Gasteiger partial charge in [-0.25, -0.2) is 0 Å². The van der Waals surface area contributed by atoms with E-state index in [2.05, 4.69) is 30.0 Å². The molecule has 0 bridgehead atoms. The molecule has 1 aromatic rings. The standard InChI is InChI=1S/C20H29NO2.ClH/c1-3-4-11-21-12-10-20(14-18(22)9-8-17(20)15-21)16-6-5-7-19(13-16)23-2;/h5-7,13,17H,3-4,8-12,14-15H2,1-2H3;1H. The number of fused-ring (bicyclic) bond motifs is 1. The van der Waals surface area contributed by atoms with E-state index in [4.69, 9.17) is 4.74 Å². The molecule has 2 atom stereocenters. The maximum atomic E-state index is 12.3. The number of methoxy groups -OCH3 is 1. The molecule has 1 aliphatic heterocycles. The Morgan fingerprint density at radius 1 is 1.38 bits per heavy atom. The molecule has 4 heteroatoms. The van der Waals surface area contributed by atoms with Gasteiger partial charge < -0.3 is 9.64 Å². The summed E-state index contributed by atoms with van der Waals surface area (Å²) in [5, 5.41) is 0. The van der Waals surface area contributed by atoms with Crippen LogP contribution in [0.5, 0.6) is 5.75 Å². The largest absolute Gasteiger partial charge is 0.497 e. The Balaban J connectivity index is 0.00000208. The van der Waals surface area contributed by atoms with Gasteiger partial charge in [-0.05, 0) is 56.0 Å². The molecule has 24 heavy (non-hydrogen) atoms. The fraction of sp³-hybridized carbons (Fsp3) is 0.650. The van der Waals surface area contributed by atoms with E-state index in [0.717, 1.165) is 38.1 Å². The highest BCUT2D eigenvalue weighted by molar-refractivity contribution is 5.85. The summed E-state index contributed by atoms with van der Waals surface area (Å²) < 4.78 is 5.43. The van der Waals surface area contributed by atoms with Crippen molar-refractivity contribution in [2.24, 2.45) is 5.92 Å². The number of carbonyl (C=O) groups is 1. The summed E-state index contributed by atoms with van der Waals surface area (Å²) in [5.74, 6) is 1.94. The lowest BCUT2D eigenvalue weighted by atomic mass is 9.59. The van der Waals surface area contributed by atoms with Gasteiger partial charge in [-0.3, -0.25) is 4.79 Å². The number of hydrogen-bond donors (Lipinski definition) is 0. The number of benzene rings is 1. The van der Waals surface area contributed by atoms with Crippen molar-refractivity contribution in [3.63, 3.8) is 0 Å². The minimum Gasteiger partial charge on any atom is -0.497 e. The van der Waals surface area contributed by atoms with Crippen LogP contribution in [0.25, 0.3) is 0 Å². The second-order valence-corrected chi connectivity index (χ2v) is 7.24. The van der Waals surface area contributed by atoms with Crippen LogP contribution in [0.1, 0.15) is 51.0 Å². The number of rotatable bonds is 5. The van der Waals surface area contributed by atoms with Gasteiger partial charge in [0.05, 0.1) is 7.11 Å². The molecule has 0 aromatic heterocycles. The minimum absolute atomic E-state index is 0. The highest BCUT2D eigenvalue weighted by atomic mass is 35.5. The van der Waals surface area contributed by atoms with E-state index < -0.39 is 0 Å². The number of Topliss-reactive ketones (excluding diaryl/α,β-unsaturated/α-hetero) is 1. The zero-order valence-electron chi connectivity index (χ0n) is 14.9. The number of ether oxygens (including phenoxy) is 1. The molecule has 0 amide bonds. The van der Waals surface area contributed by atoms with Crippen LogP contribution in [0, 0.1) is 5.92 Å². The lowest BCUT2D eigenvalue weighted by Crippen LogP contribution is -2.53. The third-order valence-corrected chi connectivity index (χ3v) is 5.89. The van der Waals surface area contributed by atoms with Crippen LogP contribution in [-0.2, 0) is 10.2 Å². The molecule has 1 saturated carbocycles. The van der Waals surface area contributed by atoms with Gasteiger partial charge >= 0.3 is 0 Å². The fourth-order valence-corrected chi connectivity index (χ4v) is 4.51. The van der Waals surface area contributed by atoms with Crippen molar-refractivity contribution in [3.05, 3.63) is 29.8 Å². The lowest BCUT2D eigenvalue weighted by molar-refractivity contribution is -0.125. The predicted octanol–water partition coefficient (Wildman–Crippen LogP) is 4.23. The van der Waals surface area contributed by atoms with Gasteiger partial charge in [0.15, 0.2) is 0 Å². The molecule has 0 radical (unpaired) electrons. The van der Waals surface area contributed by atoms with E-state index in [-0.39, 0.29) is 17.8 Å². The number of nitrogens with zero attached hydrogens (tertiary/aromatic N) is 1. The minimum atomic E-state index is 0. The van der Waals surface area contributed by atoms with Crippen LogP contribution in [0.15, 0.2) is 24.3 Å². The SMILES string of the molecule is CCCCN1CCC2(c3cccc(OC)c3)CC(=O)CCC2C1.Cl. The van der Waals surface area contributed by atoms with Crippen molar-refractivity contribution in [1.82, 2.24) is 4.90 Å². The van der Waals surface area contributed by atoms with Crippen LogP contribution in [0.3, 0.4) is 0 Å². The molecule has 3 rings (SSSR count). The highest BCUT2D eigenvalue weighted by Crippen LogP contribution is 2.48. The Morgan fingerprint density at radius 2 is 2.21 bits per heavy atom. The first-order valence-electron chi connectivity index (χ1n) is 9.06. The molecule has 1 aliphatic carbocycles. The topological polar surface area (TPSA) is 29.5 Å². The Kier molecular flexibility index (Phi) is 6.70. The summed E-state index contributed by atoms with van der Waals surface area (Å²) in [4.78, 5) is 14.9. The number of carbonyl (C=O) groups excluding carboxylic acids is 1. The summed E-state index contributed by atoms with van der Waals surface area (Å²) in [6.45, 7) is 5.71. The molecular weight excluding hydrogens is 322 g/mol. The highest BCUT2D eigenvalue weighted by Gasteiger charge is 2.47. The number of piperidine rings is 1. The van der Waals surface area contributed by atoms with Crippen LogP contribution >= 0.6 is 12.4 Å². The van der Waals surface area contributed by atoms with E-state index >= 15 is 0 Å². The summed E-state index contributed by atoms with van der Waals surface area (Å²) in [7, 11) is 1.72. The van der Waals surface area contributed by atoms with E-state index in [1.165, 1.54) is 24.9 Å². The first kappa shape index (κ1) is 19.3. The molecule has 2 fully saturated rings. The average Bonchev–Trinajstić information content (AvgIpc) is 2.59. The molecule has 3 nitrogen and oxygen atoms in total. The average molecular weight is 352 g/mol. The lowest BCUT2D eigenvalue weighted by Gasteiger charge is -2.50. The van der Waals surface area contributed by atoms with Crippen LogP contribution in [0.2, 0.25) is 0 Å². The van der Waals surface area contributed by atoms with Gasteiger partial charge in [0.1, 0.15) is 11.5 Å². The maximum absolute atomic E-state index is 12.3. The molecule has 134 valence electrons. The summed E-state index contributed by atoms with van der Waals surface area (Å²) >= 11 is 0. The van der Waals surface area contributed by atoms with Crippen LogP contribution < -0.4 is 4.74 Å². The zero-order chi connectivity index (χ0) is 16.3. The van der Waals surface area contributed by atoms with Crippen molar-refractivity contribution >= 4 is 18.2 Å². The Hall–Kier alpha value is -1.06. The van der Waals surface area contributed by atoms with Gasteiger partial charge in [-0.2, -0.15) is 0 Å². The van der Waals surface area contributed by atoms with Crippen LogP contribution in [0.4, 0.5) is 0 Å². The van der Waals surface area contributed by atoms with Gasteiger partial charge in [0.2, 0.25) is 0 Å². The number of unbranched alkanes of at least 4 members (excludes halogenated alkanes) is 1. The molecule has 0 N–H and O–H groups in total. The van der Waals surface area contributed by atoms with Gasteiger partial charge in [-0.1, -0.05) is 25.5 Å². The quantitative estimate of drug-likeness (QED) is 0.795. The summed E-state index contributed by atoms with van der Waals surface area (Å²) in [6, 6.07) is 8.43. The number of ketones is 1. The normalized spacial score (nSPS) is 27.2. The van der Waals surface area contributed by atoms with E-state index in [1.807, 2.05) is 6.07 Å². The Morgan fingerprint density at radius 3 is 2.96 bits per heavy atom. The molecule has 1 aromatic carbocycles. The second kappa shape index (κ2) is 8.35. The summed E-state index contributed by atoms with van der Waals surface area (Å²) in [6.07, 6.45) is 6.14. The first-order valence-corrected chi connectivity index (χ1v) is 9.06. The molecule has 2 aliphatic rings. The van der Waals surface area contributed by atoms with Gasteiger partial charge in [0.25, 0.3) is 0 Å². The van der Waals surface area contributed by atoms with Crippen molar-refractivity contribution in [2.45, 2.75) is 50.9 Å². The monoisotopic (exact) mass is 351 g/mol. The predicted molar refractivity (Wildman–Crippen MR) is 100 cm³/mol. The molecular formula is C20H30ClNO2. The van der Waals surface area contributed by atoms with E-state index in [0.29, 0.717) is 18.1 Å². The van der Waals surface area contributed by atoms with Crippen molar-refractivity contribution < 1.29 is 9.53 Å². The molecule has 1 saturated heterocycles. The van der Waals surface area contributed by atoms with Crippen LogP contribution in [-0.4, -0.2) is 37.4 Å². The number of hydrogen-bond acceptors (Lipinski definition) is 3. The number of likely N-dealkylation sites (tertiary alicyclic amines) is 1. The maximum Gasteiger partial charge on any atom is 0.133 e. The van der Waals surface area contributed by atoms with E-state index in [1.54, 1.807) is 7.11 Å². The second-order valence-electron chi connectivity index (χ2n) is 7.24. The molecule has 2 unspecified atom stereocenters. The van der Waals surface area contributed by atoms with Crippen molar-refractivity contribution in [3.8, 4) is 5.75 Å². The van der Waals surface area contributed by atoms with Gasteiger partial charge in [-0.15, -0.1) is 12.4 Å². The zero-order valence-corrected chi connectivity index (χ0v) is 15.7.